The summed E-state index contributed by atoms with van der Waals surface area (Å²) in [6, 6.07) is 15.4. The van der Waals surface area contributed by atoms with Crippen molar-refractivity contribution >= 4 is 35.2 Å². The molecular weight excluding hydrogens is 448 g/mol. The fraction of sp³-hybridized carbons (Fsp3) is 0.214. The standard InChI is InChI=1S/C28H27ClN2O3/c1-16-10-11-17(2)25(12-16)30-18(3)13-21(19(30)4)14-24-26(28(33)34-6)20(5)31(27(24)32)23-9-7-8-22(29)15-23/h7-15H,1-6H3/b24-14-. The van der Waals surface area contributed by atoms with Gasteiger partial charge in [0.25, 0.3) is 5.91 Å². The Morgan fingerprint density at radius 2 is 1.74 bits per heavy atom. The van der Waals surface area contributed by atoms with E-state index in [0.717, 1.165) is 28.2 Å². The molecule has 0 fully saturated rings. The average Bonchev–Trinajstić information content (AvgIpc) is 3.21. The van der Waals surface area contributed by atoms with Gasteiger partial charge < -0.3 is 9.30 Å². The molecule has 2 heterocycles. The summed E-state index contributed by atoms with van der Waals surface area (Å²) in [7, 11) is 1.32. The predicted octanol–water partition coefficient (Wildman–Crippen LogP) is 6.24. The highest BCUT2D eigenvalue weighted by Crippen LogP contribution is 2.37. The second-order valence-corrected chi connectivity index (χ2v) is 9.02. The van der Waals surface area contributed by atoms with Crippen molar-refractivity contribution in [1.82, 2.24) is 4.57 Å². The van der Waals surface area contributed by atoms with Crippen molar-refractivity contribution in [2.75, 3.05) is 12.0 Å². The van der Waals surface area contributed by atoms with Crippen molar-refractivity contribution in [3.63, 3.8) is 0 Å². The van der Waals surface area contributed by atoms with E-state index in [1.165, 1.54) is 17.6 Å². The number of benzene rings is 2. The molecule has 0 saturated carbocycles. The van der Waals surface area contributed by atoms with Gasteiger partial charge in [-0.25, -0.2) is 4.79 Å². The van der Waals surface area contributed by atoms with Crippen LogP contribution in [0.4, 0.5) is 5.69 Å². The van der Waals surface area contributed by atoms with Gasteiger partial charge in [0.1, 0.15) is 0 Å². The molecule has 0 aliphatic carbocycles. The molecule has 34 heavy (non-hydrogen) atoms. The Morgan fingerprint density at radius 1 is 1.00 bits per heavy atom. The molecule has 1 aliphatic heterocycles. The summed E-state index contributed by atoms with van der Waals surface area (Å²) in [5.41, 5.74) is 7.96. The number of rotatable bonds is 4. The summed E-state index contributed by atoms with van der Waals surface area (Å²) in [6.07, 6.45) is 1.78. The van der Waals surface area contributed by atoms with Crippen LogP contribution in [0.1, 0.15) is 35.0 Å². The van der Waals surface area contributed by atoms with Crippen LogP contribution in [-0.4, -0.2) is 23.6 Å². The molecule has 1 aliphatic rings. The number of hydrogen-bond donors (Lipinski definition) is 0. The van der Waals surface area contributed by atoms with Gasteiger partial charge in [-0.2, -0.15) is 0 Å². The third-order valence-corrected chi connectivity index (χ3v) is 6.47. The maximum absolute atomic E-state index is 13.6. The highest BCUT2D eigenvalue weighted by Gasteiger charge is 2.38. The number of carbonyl (C=O) groups excluding carboxylic acids is 2. The Bertz CT molecular complexity index is 1390. The summed E-state index contributed by atoms with van der Waals surface area (Å²) < 4.78 is 7.22. The molecule has 3 aromatic rings. The SMILES string of the molecule is COC(=O)C1=C(C)N(c2cccc(Cl)c2)C(=O)/C1=C\c1cc(C)n(-c2cc(C)ccc2C)c1C. The van der Waals surface area contributed by atoms with Crippen molar-refractivity contribution in [2.24, 2.45) is 0 Å². The van der Waals surface area contributed by atoms with E-state index in [9.17, 15) is 9.59 Å². The van der Waals surface area contributed by atoms with Gasteiger partial charge in [-0.05, 0) is 87.7 Å². The Hall–Kier alpha value is -3.57. The summed E-state index contributed by atoms with van der Waals surface area (Å²) in [6.45, 7) is 9.94. The normalized spacial score (nSPS) is 15.0. The zero-order valence-electron chi connectivity index (χ0n) is 20.2. The summed E-state index contributed by atoms with van der Waals surface area (Å²) in [5, 5.41) is 0.507. The molecule has 6 heteroatoms. The van der Waals surface area contributed by atoms with Gasteiger partial charge in [0.15, 0.2) is 0 Å². The predicted molar refractivity (Wildman–Crippen MR) is 136 cm³/mol. The molecule has 0 unspecified atom stereocenters. The van der Waals surface area contributed by atoms with Crippen LogP contribution in [0, 0.1) is 27.7 Å². The first-order valence-corrected chi connectivity index (χ1v) is 11.4. The molecule has 0 N–H and O–H groups in total. The molecular formula is C28H27ClN2O3. The molecule has 5 nitrogen and oxygen atoms in total. The number of hydrogen-bond acceptors (Lipinski definition) is 3. The quantitative estimate of drug-likeness (QED) is 0.332. The van der Waals surface area contributed by atoms with Crippen LogP contribution in [0.15, 0.2) is 65.4 Å². The number of amides is 1. The number of ether oxygens (including phenoxy) is 1. The van der Waals surface area contributed by atoms with Crippen LogP contribution in [0.5, 0.6) is 0 Å². The minimum Gasteiger partial charge on any atom is -0.465 e. The van der Waals surface area contributed by atoms with E-state index < -0.39 is 5.97 Å². The van der Waals surface area contributed by atoms with Crippen molar-refractivity contribution < 1.29 is 14.3 Å². The number of halogens is 1. The Balaban J connectivity index is 1.88. The Kier molecular flexibility index (Phi) is 6.24. The zero-order valence-corrected chi connectivity index (χ0v) is 20.9. The largest absolute Gasteiger partial charge is 0.465 e. The zero-order chi connectivity index (χ0) is 24.7. The second kappa shape index (κ2) is 8.99. The fourth-order valence-electron chi connectivity index (χ4n) is 4.53. The molecule has 0 saturated heterocycles. The number of nitrogens with zero attached hydrogens (tertiary/aromatic N) is 2. The van der Waals surface area contributed by atoms with Gasteiger partial charge in [0, 0.05) is 27.8 Å². The smallest absolute Gasteiger partial charge is 0.340 e. The molecule has 1 aromatic heterocycles. The van der Waals surface area contributed by atoms with E-state index in [4.69, 9.17) is 16.3 Å². The van der Waals surface area contributed by atoms with E-state index in [1.54, 1.807) is 37.3 Å². The van der Waals surface area contributed by atoms with Gasteiger partial charge in [0.05, 0.1) is 23.9 Å². The third kappa shape index (κ3) is 3.97. The van der Waals surface area contributed by atoms with E-state index in [1.807, 2.05) is 19.9 Å². The van der Waals surface area contributed by atoms with Crippen LogP contribution >= 0.6 is 11.6 Å². The second-order valence-electron chi connectivity index (χ2n) is 8.58. The van der Waals surface area contributed by atoms with Crippen LogP contribution in [-0.2, 0) is 14.3 Å². The molecule has 174 valence electrons. The first-order valence-electron chi connectivity index (χ1n) is 11.0. The lowest BCUT2D eigenvalue weighted by molar-refractivity contribution is -0.136. The first-order chi connectivity index (χ1) is 16.1. The van der Waals surface area contributed by atoms with Crippen LogP contribution in [0.2, 0.25) is 5.02 Å². The maximum Gasteiger partial charge on any atom is 0.340 e. The highest BCUT2D eigenvalue weighted by molar-refractivity contribution is 6.31. The number of allylic oxidation sites excluding steroid dienone is 1. The molecule has 0 bridgehead atoms. The topological polar surface area (TPSA) is 51.5 Å². The number of aromatic nitrogens is 1. The Labute approximate surface area is 204 Å². The number of anilines is 1. The molecule has 1 amide bonds. The minimum atomic E-state index is -0.551. The van der Waals surface area contributed by atoms with E-state index >= 15 is 0 Å². The molecule has 4 rings (SSSR count). The van der Waals surface area contributed by atoms with Crippen LogP contribution < -0.4 is 4.90 Å². The highest BCUT2D eigenvalue weighted by atomic mass is 35.5. The first kappa shape index (κ1) is 23.6. The maximum atomic E-state index is 13.6. The van der Waals surface area contributed by atoms with Crippen molar-refractivity contribution in [1.29, 1.82) is 0 Å². The average molecular weight is 475 g/mol. The van der Waals surface area contributed by atoms with Gasteiger partial charge in [-0.3, -0.25) is 9.69 Å². The van der Waals surface area contributed by atoms with E-state index in [-0.39, 0.29) is 11.5 Å². The van der Waals surface area contributed by atoms with Crippen molar-refractivity contribution in [2.45, 2.75) is 34.6 Å². The molecule has 2 aromatic carbocycles. The number of aryl methyl sites for hydroxylation is 3. The van der Waals surface area contributed by atoms with Gasteiger partial charge in [0.2, 0.25) is 0 Å². The Morgan fingerprint density at radius 3 is 2.41 bits per heavy atom. The molecule has 0 radical (unpaired) electrons. The number of methoxy groups -OCH3 is 1. The number of carbonyl (C=O) groups is 2. The molecule has 0 atom stereocenters. The van der Waals surface area contributed by atoms with Gasteiger partial charge in [-0.15, -0.1) is 0 Å². The lowest BCUT2D eigenvalue weighted by atomic mass is 10.0. The van der Waals surface area contributed by atoms with Crippen molar-refractivity contribution in [3.05, 3.63) is 98.5 Å². The summed E-state index contributed by atoms with van der Waals surface area (Å²) >= 11 is 6.17. The van der Waals surface area contributed by atoms with Crippen LogP contribution in [0.3, 0.4) is 0 Å². The lowest BCUT2D eigenvalue weighted by Gasteiger charge is -2.18. The monoisotopic (exact) mass is 474 g/mol. The summed E-state index contributed by atoms with van der Waals surface area (Å²) in [5.74, 6) is -0.846. The number of esters is 1. The van der Waals surface area contributed by atoms with Gasteiger partial charge >= 0.3 is 5.97 Å². The van der Waals surface area contributed by atoms with E-state index in [2.05, 4.69) is 36.6 Å². The van der Waals surface area contributed by atoms with E-state index in [0.29, 0.717) is 22.0 Å². The van der Waals surface area contributed by atoms with Gasteiger partial charge in [-0.1, -0.05) is 29.8 Å². The third-order valence-electron chi connectivity index (χ3n) is 6.23. The van der Waals surface area contributed by atoms with Crippen molar-refractivity contribution in [3.8, 4) is 5.69 Å². The van der Waals surface area contributed by atoms with Crippen LogP contribution in [0.25, 0.3) is 11.8 Å². The molecule has 0 spiro atoms. The fourth-order valence-corrected chi connectivity index (χ4v) is 4.71. The summed E-state index contributed by atoms with van der Waals surface area (Å²) in [4.78, 5) is 27.8. The lowest BCUT2D eigenvalue weighted by Crippen LogP contribution is -2.24. The minimum absolute atomic E-state index is 0.254.